The van der Waals surface area contributed by atoms with Gasteiger partial charge < -0.3 is 15.4 Å². The summed E-state index contributed by atoms with van der Waals surface area (Å²) in [6.45, 7) is 5.66. The number of hydrogen-bond donors (Lipinski definition) is 2. The van der Waals surface area contributed by atoms with E-state index in [4.69, 9.17) is 4.74 Å². The van der Waals surface area contributed by atoms with Crippen LogP contribution < -0.4 is 10.6 Å². The van der Waals surface area contributed by atoms with Crippen molar-refractivity contribution < 1.29 is 19.1 Å². The molecule has 1 heterocycles. The fourth-order valence-electron chi connectivity index (χ4n) is 2.48. The van der Waals surface area contributed by atoms with Gasteiger partial charge in [0, 0.05) is 24.1 Å². The fraction of sp³-hybridized carbons (Fsp3) is 0.350. The van der Waals surface area contributed by atoms with Crippen LogP contribution in [0.2, 0.25) is 0 Å². The molecule has 0 aliphatic rings. The minimum atomic E-state index is -0.495. The van der Waals surface area contributed by atoms with Crippen LogP contribution in [-0.4, -0.2) is 37.2 Å². The molecule has 0 spiro atoms. The first-order valence-corrected chi connectivity index (χ1v) is 10.7. The molecule has 1 aromatic heterocycles. The van der Waals surface area contributed by atoms with E-state index in [1.165, 1.54) is 12.6 Å². The van der Waals surface area contributed by atoms with Crippen molar-refractivity contribution in [2.45, 2.75) is 32.1 Å². The van der Waals surface area contributed by atoms with Crippen LogP contribution in [0.5, 0.6) is 0 Å². The molecule has 0 atom stereocenters. The van der Waals surface area contributed by atoms with Crippen molar-refractivity contribution in [3.8, 4) is 0 Å². The summed E-state index contributed by atoms with van der Waals surface area (Å²) in [4.78, 5) is 38.2. The molecule has 6 nitrogen and oxygen atoms in total. The number of aryl methyl sites for hydroxylation is 1. The molecule has 2 rings (SSSR count). The van der Waals surface area contributed by atoms with Gasteiger partial charge in [-0.15, -0.1) is 23.1 Å². The Morgan fingerprint density at radius 2 is 1.82 bits per heavy atom. The van der Waals surface area contributed by atoms with Gasteiger partial charge in [-0.1, -0.05) is 17.7 Å². The Kier molecular flexibility index (Phi) is 8.07. The van der Waals surface area contributed by atoms with E-state index < -0.39 is 5.97 Å². The zero-order valence-corrected chi connectivity index (χ0v) is 18.0. The summed E-state index contributed by atoms with van der Waals surface area (Å²) in [5.41, 5.74) is 2.00. The second-order valence-electron chi connectivity index (χ2n) is 6.02. The summed E-state index contributed by atoms with van der Waals surface area (Å²) in [5, 5.41) is 5.69. The topological polar surface area (TPSA) is 84.5 Å². The van der Waals surface area contributed by atoms with Gasteiger partial charge >= 0.3 is 5.97 Å². The number of rotatable bonds is 8. The van der Waals surface area contributed by atoms with E-state index in [-0.39, 0.29) is 24.8 Å². The van der Waals surface area contributed by atoms with Gasteiger partial charge in [0.1, 0.15) is 9.88 Å². The average Bonchev–Trinajstić information content (AvgIpc) is 2.99. The molecular formula is C20H24N2O4S2. The summed E-state index contributed by atoms with van der Waals surface area (Å²) >= 11 is 2.66. The van der Waals surface area contributed by atoms with Crippen molar-refractivity contribution in [1.82, 2.24) is 5.32 Å². The number of amides is 2. The van der Waals surface area contributed by atoms with Crippen molar-refractivity contribution in [3.05, 3.63) is 45.8 Å². The number of ether oxygens (including phenoxy) is 1. The van der Waals surface area contributed by atoms with E-state index in [0.717, 1.165) is 16.2 Å². The molecule has 28 heavy (non-hydrogen) atoms. The SMILES string of the molecule is CCOC(=O)c1sc(NC(=O)CCSc2ccc(C)cc2)c(C(=O)NC)c1C. The van der Waals surface area contributed by atoms with Gasteiger partial charge in [-0.2, -0.15) is 0 Å². The Hall–Kier alpha value is -2.32. The molecule has 2 N–H and O–H groups in total. The Bertz CT molecular complexity index is 860. The second kappa shape index (κ2) is 10.3. The van der Waals surface area contributed by atoms with E-state index in [9.17, 15) is 14.4 Å². The Morgan fingerprint density at radius 1 is 1.14 bits per heavy atom. The van der Waals surface area contributed by atoms with E-state index in [2.05, 4.69) is 10.6 Å². The Labute approximate surface area is 173 Å². The predicted octanol–water partition coefficient (Wildman–Crippen LogP) is 4.02. The highest BCUT2D eigenvalue weighted by Gasteiger charge is 2.25. The van der Waals surface area contributed by atoms with Gasteiger partial charge in [0.2, 0.25) is 5.91 Å². The number of anilines is 1. The molecule has 0 aliphatic carbocycles. The largest absolute Gasteiger partial charge is 0.462 e. The summed E-state index contributed by atoms with van der Waals surface area (Å²) < 4.78 is 5.04. The lowest BCUT2D eigenvalue weighted by Crippen LogP contribution is -2.21. The number of hydrogen-bond acceptors (Lipinski definition) is 6. The Morgan fingerprint density at radius 3 is 2.43 bits per heavy atom. The number of benzene rings is 1. The lowest BCUT2D eigenvalue weighted by atomic mass is 10.1. The predicted molar refractivity (Wildman–Crippen MR) is 114 cm³/mol. The third-order valence-electron chi connectivity index (χ3n) is 3.93. The molecule has 0 saturated heterocycles. The molecule has 2 amide bonds. The van der Waals surface area contributed by atoms with Crippen LogP contribution in [0.3, 0.4) is 0 Å². The quantitative estimate of drug-likeness (QED) is 0.498. The monoisotopic (exact) mass is 420 g/mol. The highest BCUT2D eigenvalue weighted by molar-refractivity contribution is 7.99. The summed E-state index contributed by atoms with van der Waals surface area (Å²) in [7, 11) is 1.51. The standard InChI is InChI=1S/C20H24N2O4S2/c1-5-26-20(25)17-13(3)16(18(24)21-4)19(28-17)22-15(23)10-11-27-14-8-6-12(2)7-9-14/h6-9H,5,10-11H2,1-4H3,(H,21,24)(H,22,23). The summed E-state index contributed by atoms with van der Waals surface area (Å²) in [5.74, 6) is -0.445. The molecule has 8 heteroatoms. The molecule has 1 aromatic carbocycles. The third kappa shape index (κ3) is 5.59. The number of carbonyl (C=O) groups excluding carboxylic acids is 3. The van der Waals surface area contributed by atoms with Crippen LogP contribution in [0.15, 0.2) is 29.2 Å². The average molecular weight is 421 g/mol. The van der Waals surface area contributed by atoms with Crippen molar-refractivity contribution >= 4 is 45.9 Å². The van der Waals surface area contributed by atoms with Crippen LogP contribution in [-0.2, 0) is 9.53 Å². The maximum atomic E-state index is 12.4. The van der Waals surface area contributed by atoms with Crippen LogP contribution in [0.1, 0.15) is 44.5 Å². The van der Waals surface area contributed by atoms with E-state index in [1.54, 1.807) is 25.6 Å². The van der Waals surface area contributed by atoms with Crippen LogP contribution >= 0.6 is 23.1 Å². The minimum absolute atomic E-state index is 0.207. The number of esters is 1. The van der Waals surface area contributed by atoms with Crippen molar-refractivity contribution in [2.75, 3.05) is 24.7 Å². The first kappa shape index (κ1) is 22.0. The van der Waals surface area contributed by atoms with Crippen molar-refractivity contribution in [3.63, 3.8) is 0 Å². The number of thioether (sulfide) groups is 1. The zero-order valence-electron chi connectivity index (χ0n) is 16.4. The molecule has 0 bridgehead atoms. The molecule has 0 unspecified atom stereocenters. The van der Waals surface area contributed by atoms with Crippen LogP contribution in [0.4, 0.5) is 5.00 Å². The second-order valence-corrected chi connectivity index (χ2v) is 8.21. The fourth-order valence-corrected chi connectivity index (χ4v) is 4.44. The zero-order chi connectivity index (χ0) is 20.7. The first-order valence-electron chi connectivity index (χ1n) is 8.89. The van der Waals surface area contributed by atoms with Gasteiger partial charge in [-0.05, 0) is 38.5 Å². The van der Waals surface area contributed by atoms with E-state index >= 15 is 0 Å². The normalized spacial score (nSPS) is 10.4. The Balaban J connectivity index is 2.07. The van der Waals surface area contributed by atoms with Crippen LogP contribution in [0.25, 0.3) is 0 Å². The molecule has 0 fully saturated rings. The molecular weight excluding hydrogens is 396 g/mol. The molecule has 2 aromatic rings. The maximum absolute atomic E-state index is 12.4. The van der Waals surface area contributed by atoms with Gasteiger partial charge in [0.15, 0.2) is 0 Å². The number of nitrogens with one attached hydrogen (secondary N) is 2. The highest BCUT2D eigenvalue weighted by atomic mass is 32.2. The summed E-state index contributed by atoms with van der Waals surface area (Å²) in [6.07, 6.45) is 0.289. The molecule has 0 aliphatic heterocycles. The third-order valence-corrected chi connectivity index (χ3v) is 6.13. The van der Waals surface area contributed by atoms with Gasteiger partial charge in [0.25, 0.3) is 5.91 Å². The van der Waals surface area contributed by atoms with E-state index in [1.807, 2.05) is 31.2 Å². The summed E-state index contributed by atoms with van der Waals surface area (Å²) in [6, 6.07) is 8.11. The van der Waals surface area contributed by atoms with Crippen molar-refractivity contribution in [1.29, 1.82) is 0 Å². The smallest absolute Gasteiger partial charge is 0.348 e. The number of thiophene rings is 1. The van der Waals surface area contributed by atoms with Gasteiger partial charge in [0.05, 0.1) is 12.2 Å². The van der Waals surface area contributed by atoms with Crippen molar-refractivity contribution in [2.24, 2.45) is 0 Å². The molecule has 0 saturated carbocycles. The minimum Gasteiger partial charge on any atom is -0.462 e. The maximum Gasteiger partial charge on any atom is 0.348 e. The van der Waals surface area contributed by atoms with Crippen LogP contribution in [0, 0.1) is 13.8 Å². The number of carbonyl (C=O) groups is 3. The molecule has 0 radical (unpaired) electrons. The van der Waals surface area contributed by atoms with Gasteiger partial charge in [-0.25, -0.2) is 4.79 Å². The van der Waals surface area contributed by atoms with E-state index in [0.29, 0.717) is 26.8 Å². The van der Waals surface area contributed by atoms with Gasteiger partial charge in [-0.3, -0.25) is 9.59 Å². The first-order chi connectivity index (χ1) is 13.4. The lowest BCUT2D eigenvalue weighted by molar-refractivity contribution is -0.115. The molecule has 150 valence electrons. The lowest BCUT2D eigenvalue weighted by Gasteiger charge is -2.07. The highest BCUT2D eigenvalue weighted by Crippen LogP contribution is 2.34.